The van der Waals surface area contributed by atoms with E-state index >= 15 is 0 Å². The number of rotatable bonds is 7. The predicted octanol–water partition coefficient (Wildman–Crippen LogP) is 1.89. The Labute approximate surface area is 142 Å². The number of carbonyl (C=O) groups is 1. The molecule has 1 unspecified atom stereocenters. The predicted molar refractivity (Wildman–Crippen MR) is 92.9 cm³/mol. The van der Waals surface area contributed by atoms with Gasteiger partial charge in [0.2, 0.25) is 0 Å². The van der Waals surface area contributed by atoms with Gasteiger partial charge in [-0.1, -0.05) is 6.07 Å². The normalized spacial score (nSPS) is 12.0. The third-order valence-electron chi connectivity index (χ3n) is 3.95. The minimum atomic E-state index is -0.295. The lowest BCUT2D eigenvalue weighted by Crippen LogP contribution is -2.35. The molecule has 0 spiro atoms. The summed E-state index contributed by atoms with van der Waals surface area (Å²) in [7, 11) is 0. The summed E-state index contributed by atoms with van der Waals surface area (Å²) in [6.45, 7) is 6.92. The highest BCUT2D eigenvalue weighted by atomic mass is 16.3. The van der Waals surface area contributed by atoms with Crippen LogP contribution >= 0.6 is 0 Å². The number of aliphatic hydroxyl groups is 1. The molecule has 7 heteroatoms. The van der Waals surface area contributed by atoms with Crippen LogP contribution in [0.5, 0.6) is 0 Å². The van der Waals surface area contributed by atoms with E-state index in [1.807, 2.05) is 43.7 Å². The molecule has 0 radical (unpaired) electrons. The standard InChI is InChI=1S/C17H25N5O2/c1-4-22-13(3)16(12(2)21-22)20-17(24)19-10-14(11-23)9-15-7-5-6-8-18-15/h5-8,14,23H,4,9-11H2,1-3H3,(H2,19,20,24). The summed E-state index contributed by atoms with van der Waals surface area (Å²) in [5.74, 6) is -0.0776. The lowest BCUT2D eigenvalue weighted by molar-refractivity contribution is 0.217. The Morgan fingerprint density at radius 2 is 2.17 bits per heavy atom. The van der Waals surface area contributed by atoms with Gasteiger partial charge < -0.3 is 15.7 Å². The second kappa shape index (κ2) is 8.44. The maximum absolute atomic E-state index is 12.1. The van der Waals surface area contributed by atoms with Gasteiger partial charge in [0, 0.05) is 37.5 Å². The molecule has 0 aliphatic heterocycles. The summed E-state index contributed by atoms with van der Waals surface area (Å²) in [5.41, 5.74) is 3.35. The van der Waals surface area contributed by atoms with Gasteiger partial charge in [-0.15, -0.1) is 0 Å². The average molecular weight is 331 g/mol. The summed E-state index contributed by atoms with van der Waals surface area (Å²) >= 11 is 0. The van der Waals surface area contributed by atoms with Crippen molar-refractivity contribution in [3.63, 3.8) is 0 Å². The molecule has 130 valence electrons. The average Bonchev–Trinajstić information content (AvgIpc) is 2.87. The number of aromatic nitrogens is 3. The van der Waals surface area contributed by atoms with Gasteiger partial charge in [-0.2, -0.15) is 5.10 Å². The van der Waals surface area contributed by atoms with E-state index in [4.69, 9.17) is 0 Å². The van der Waals surface area contributed by atoms with Crippen molar-refractivity contribution in [2.45, 2.75) is 33.7 Å². The maximum Gasteiger partial charge on any atom is 0.319 e. The van der Waals surface area contributed by atoms with E-state index < -0.39 is 0 Å². The topological polar surface area (TPSA) is 92.1 Å². The van der Waals surface area contributed by atoms with Crippen LogP contribution in [0.2, 0.25) is 0 Å². The minimum Gasteiger partial charge on any atom is -0.396 e. The molecular formula is C17H25N5O2. The number of amides is 2. The summed E-state index contributed by atoms with van der Waals surface area (Å²) in [6, 6.07) is 5.38. The largest absolute Gasteiger partial charge is 0.396 e. The fourth-order valence-corrected chi connectivity index (χ4v) is 2.60. The number of anilines is 1. The Kier molecular flexibility index (Phi) is 6.31. The quantitative estimate of drug-likeness (QED) is 0.722. The molecule has 0 saturated heterocycles. The van der Waals surface area contributed by atoms with Crippen molar-refractivity contribution in [3.8, 4) is 0 Å². The lowest BCUT2D eigenvalue weighted by Gasteiger charge is -2.15. The van der Waals surface area contributed by atoms with Crippen LogP contribution in [0.3, 0.4) is 0 Å². The zero-order valence-corrected chi connectivity index (χ0v) is 14.4. The van der Waals surface area contributed by atoms with E-state index in [1.54, 1.807) is 6.20 Å². The molecule has 2 aromatic heterocycles. The van der Waals surface area contributed by atoms with Gasteiger partial charge in [0.25, 0.3) is 0 Å². The fraction of sp³-hybridized carbons (Fsp3) is 0.471. The van der Waals surface area contributed by atoms with Crippen molar-refractivity contribution in [3.05, 3.63) is 41.5 Å². The van der Waals surface area contributed by atoms with E-state index in [0.717, 1.165) is 29.3 Å². The molecule has 0 bridgehead atoms. The fourth-order valence-electron chi connectivity index (χ4n) is 2.60. The van der Waals surface area contributed by atoms with Crippen LogP contribution in [0.1, 0.15) is 24.0 Å². The first-order valence-electron chi connectivity index (χ1n) is 8.14. The SMILES string of the molecule is CCn1nc(C)c(NC(=O)NCC(CO)Cc2ccccn2)c1C. The first kappa shape index (κ1) is 17.9. The van der Waals surface area contributed by atoms with Crippen molar-refractivity contribution >= 4 is 11.7 Å². The number of pyridine rings is 1. The number of hydrogen-bond donors (Lipinski definition) is 3. The summed E-state index contributed by atoms with van der Waals surface area (Å²) < 4.78 is 1.85. The molecular weight excluding hydrogens is 306 g/mol. The van der Waals surface area contributed by atoms with Gasteiger partial charge in [0.1, 0.15) is 0 Å². The van der Waals surface area contributed by atoms with E-state index in [1.165, 1.54) is 0 Å². The Hall–Kier alpha value is -2.41. The lowest BCUT2D eigenvalue weighted by atomic mass is 10.0. The Morgan fingerprint density at radius 1 is 1.38 bits per heavy atom. The highest BCUT2D eigenvalue weighted by molar-refractivity contribution is 5.90. The molecule has 2 rings (SSSR count). The zero-order chi connectivity index (χ0) is 17.5. The maximum atomic E-state index is 12.1. The summed E-state index contributed by atoms with van der Waals surface area (Å²) in [6.07, 6.45) is 2.34. The molecule has 2 amide bonds. The van der Waals surface area contributed by atoms with Crippen molar-refractivity contribution < 1.29 is 9.90 Å². The highest BCUT2D eigenvalue weighted by Gasteiger charge is 2.15. The molecule has 3 N–H and O–H groups in total. The molecule has 0 aliphatic rings. The van der Waals surface area contributed by atoms with E-state index in [2.05, 4.69) is 20.7 Å². The number of urea groups is 1. The second-order valence-electron chi connectivity index (χ2n) is 5.77. The summed E-state index contributed by atoms with van der Waals surface area (Å²) in [4.78, 5) is 16.4. The number of nitrogens with one attached hydrogen (secondary N) is 2. The molecule has 2 heterocycles. The van der Waals surface area contributed by atoms with E-state index in [0.29, 0.717) is 13.0 Å². The zero-order valence-electron chi connectivity index (χ0n) is 14.4. The van der Waals surface area contributed by atoms with Gasteiger partial charge in [-0.05, 0) is 39.3 Å². The smallest absolute Gasteiger partial charge is 0.319 e. The van der Waals surface area contributed by atoms with Gasteiger partial charge >= 0.3 is 6.03 Å². The van der Waals surface area contributed by atoms with Crippen molar-refractivity contribution in [2.24, 2.45) is 5.92 Å². The monoisotopic (exact) mass is 331 g/mol. The molecule has 2 aromatic rings. The molecule has 0 fully saturated rings. The molecule has 1 atom stereocenters. The van der Waals surface area contributed by atoms with Crippen LogP contribution in [0.4, 0.5) is 10.5 Å². The van der Waals surface area contributed by atoms with Crippen LogP contribution in [0, 0.1) is 19.8 Å². The van der Waals surface area contributed by atoms with Crippen LogP contribution in [-0.2, 0) is 13.0 Å². The molecule has 7 nitrogen and oxygen atoms in total. The Bertz CT molecular complexity index is 669. The molecule has 0 aliphatic carbocycles. The number of hydrogen-bond acceptors (Lipinski definition) is 4. The van der Waals surface area contributed by atoms with Crippen molar-refractivity contribution in [1.29, 1.82) is 0 Å². The van der Waals surface area contributed by atoms with Gasteiger partial charge in [-0.25, -0.2) is 4.79 Å². The molecule has 24 heavy (non-hydrogen) atoms. The Morgan fingerprint density at radius 3 is 2.75 bits per heavy atom. The first-order valence-corrected chi connectivity index (χ1v) is 8.14. The third kappa shape index (κ3) is 4.55. The number of aliphatic hydroxyl groups excluding tert-OH is 1. The second-order valence-corrected chi connectivity index (χ2v) is 5.77. The molecule has 0 saturated carbocycles. The van der Waals surface area contributed by atoms with Gasteiger partial charge in [0.15, 0.2) is 0 Å². The minimum absolute atomic E-state index is 0.0112. The summed E-state index contributed by atoms with van der Waals surface area (Å²) in [5, 5.41) is 19.5. The third-order valence-corrected chi connectivity index (χ3v) is 3.95. The van der Waals surface area contributed by atoms with Crippen LogP contribution in [0.25, 0.3) is 0 Å². The number of nitrogens with zero attached hydrogens (tertiary/aromatic N) is 3. The van der Waals surface area contributed by atoms with Crippen LogP contribution < -0.4 is 10.6 Å². The van der Waals surface area contributed by atoms with Crippen molar-refractivity contribution in [1.82, 2.24) is 20.1 Å². The van der Waals surface area contributed by atoms with Crippen LogP contribution in [0.15, 0.2) is 24.4 Å². The van der Waals surface area contributed by atoms with Gasteiger partial charge in [-0.3, -0.25) is 9.67 Å². The van der Waals surface area contributed by atoms with E-state index in [-0.39, 0.29) is 18.6 Å². The number of aryl methyl sites for hydroxylation is 2. The highest BCUT2D eigenvalue weighted by Crippen LogP contribution is 2.19. The number of carbonyl (C=O) groups excluding carboxylic acids is 1. The van der Waals surface area contributed by atoms with Gasteiger partial charge in [0.05, 0.1) is 17.1 Å². The Balaban J connectivity index is 1.89. The van der Waals surface area contributed by atoms with E-state index in [9.17, 15) is 9.90 Å². The molecule has 0 aromatic carbocycles. The first-order chi connectivity index (χ1) is 11.5. The van der Waals surface area contributed by atoms with Crippen molar-refractivity contribution in [2.75, 3.05) is 18.5 Å². The van der Waals surface area contributed by atoms with Crippen LogP contribution in [-0.4, -0.2) is 39.1 Å².